The number of piperidine rings is 1. The lowest BCUT2D eigenvalue weighted by atomic mass is 9.97. The third kappa shape index (κ3) is 5.74. The number of likely N-dealkylation sites (tertiary alicyclic amines) is 1. The SMILES string of the molecule is Cl.Cl.O=C(NCC1CCCN(C(=O)c2cccc(-n3ccnc3)c2)C1)C1CCCN1. The fourth-order valence-corrected chi connectivity index (χ4v) is 4.09. The van der Waals surface area contributed by atoms with Crippen molar-refractivity contribution in [1.82, 2.24) is 25.1 Å². The highest BCUT2D eigenvalue weighted by Gasteiger charge is 2.27. The molecule has 2 aliphatic heterocycles. The number of imidazole rings is 1. The summed E-state index contributed by atoms with van der Waals surface area (Å²) in [4.78, 5) is 31.2. The minimum atomic E-state index is -0.0489. The Labute approximate surface area is 189 Å². The van der Waals surface area contributed by atoms with E-state index in [0.717, 1.165) is 44.5 Å². The van der Waals surface area contributed by atoms with Crippen LogP contribution in [0.1, 0.15) is 36.0 Å². The van der Waals surface area contributed by atoms with E-state index in [-0.39, 0.29) is 42.7 Å². The van der Waals surface area contributed by atoms with Gasteiger partial charge in [0.1, 0.15) is 0 Å². The fraction of sp³-hybridized carbons (Fsp3) is 0.476. The van der Waals surface area contributed by atoms with Crippen molar-refractivity contribution in [3.8, 4) is 5.69 Å². The molecule has 30 heavy (non-hydrogen) atoms. The zero-order chi connectivity index (χ0) is 19.3. The Balaban J connectivity index is 0.00000160. The van der Waals surface area contributed by atoms with Crippen molar-refractivity contribution in [2.24, 2.45) is 5.92 Å². The molecule has 1 aromatic heterocycles. The molecule has 2 aromatic rings. The summed E-state index contributed by atoms with van der Waals surface area (Å²) in [7, 11) is 0. The predicted octanol–water partition coefficient (Wildman–Crippen LogP) is 2.44. The lowest BCUT2D eigenvalue weighted by Crippen LogP contribution is -2.46. The zero-order valence-electron chi connectivity index (χ0n) is 16.8. The van der Waals surface area contributed by atoms with E-state index in [1.807, 2.05) is 39.9 Å². The summed E-state index contributed by atoms with van der Waals surface area (Å²) < 4.78 is 1.89. The van der Waals surface area contributed by atoms with Crippen molar-refractivity contribution in [2.45, 2.75) is 31.7 Å². The minimum absolute atomic E-state index is 0. The number of nitrogens with zero attached hydrogens (tertiary/aromatic N) is 3. The van der Waals surface area contributed by atoms with Crippen molar-refractivity contribution in [3.05, 3.63) is 48.5 Å². The molecule has 2 N–H and O–H groups in total. The number of aromatic nitrogens is 2. The summed E-state index contributed by atoms with van der Waals surface area (Å²) in [6.07, 6.45) is 9.28. The van der Waals surface area contributed by atoms with Crippen LogP contribution in [0.25, 0.3) is 5.69 Å². The summed E-state index contributed by atoms with van der Waals surface area (Å²) in [5.74, 6) is 0.448. The van der Waals surface area contributed by atoms with Crippen LogP contribution in [0.4, 0.5) is 0 Å². The quantitative estimate of drug-likeness (QED) is 0.728. The van der Waals surface area contributed by atoms with Crippen LogP contribution >= 0.6 is 24.8 Å². The van der Waals surface area contributed by atoms with Crippen LogP contribution in [-0.2, 0) is 4.79 Å². The minimum Gasteiger partial charge on any atom is -0.354 e. The van der Waals surface area contributed by atoms with E-state index in [1.165, 1.54) is 0 Å². The molecule has 0 saturated carbocycles. The Morgan fingerprint density at radius 3 is 2.80 bits per heavy atom. The molecule has 0 bridgehead atoms. The lowest BCUT2D eigenvalue weighted by molar-refractivity contribution is -0.123. The standard InChI is InChI=1S/C21H27N5O2.2ClH/c27-20(19-7-2-8-23-19)24-13-16-4-3-10-25(14-16)21(28)17-5-1-6-18(12-17)26-11-9-22-15-26;;/h1,5-6,9,11-12,15-16,19,23H,2-4,7-8,10,13-14H2,(H,24,27);2*1H. The first-order chi connectivity index (χ1) is 13.7. The van der Waals surface area contributed by atoms with Gasteiger partial charge < -0.3 is 20.1 Å². The molecule has 3 heterocycles. The van der Waals surface area contributed by atoms with Gasteiger partial charge in [0, 0.05) is 43.3 Å². The highest BCUT2D eigenvalue weighted by Crippen LogP contribution is 2.20. The van der Waals surface area contributed by atoms with Crippen LogP contribution in [-0.4, -0.2) is 58.5 Å². The Morgan fingerprint density at radius 1 is 1.20 bits per heavy atom. The molecule has 0 aliphatic carbocycles. The number of amides is 2. The van der Waals surface area contributed by atoms with Crippen molar-refractivity contribution in [2.75, 3.05) is 26.2 Å². The van der Waals surface area contributed by atoms with Gasteiger partial charge in [-0.15, -0.1) is 24.8 Å². The lowest BCUT2D eigenvalue weighted by Gasteiger charge is -2.33. The van der Waals surface area contributed by atoms with Gasteiger partial charge >= 0.3 is 0 Å². The van der Waals surface area contributed by atoms with Crippen molar-refractivity contribution in [3.63, 3.8) is 0 Å². The molecular formula is C21H29Cl2N5O2. The van der Waals surface area contributed by atoms with E-state index in [9.17, 15) is 9.59 Å². The zero-order valence-corrected chi connectivity index (χ0v) is 18.5. The van der Waals surface area contributed by atoms with Gasteiger partial charge in [-0.1, -0.05) is 6.07 Å². The molecule has 0 spiro atoms. The molecule has 9 heteroatoms. The first-order valence-electron chi connectivity index (χ1n) is 10.1. The van der Waals surface area contributed by atoms with E-state index >= 15 is 0 Å². The molecule has 2 aliphatic rings. The maximum Gasteiger partial charge on any atom is 0.253 e. The van der Waals surface area contributed by atoms with E-state index < -0.39 is 0 Å². The van der Waals surface area contributed by atoms with Gasteiger partial charge in [0.05, 0.1) is 12.4 Å². The normalized spacial score (nSPS) is 20.7. The molecule has 1 aromatic carbocycles. The van der Waals surface area contributed by atoms with Crippen LogP contribution in [0.3, 0.4) is 0 Å². The second kappa shape index (κ2) is 11.3. The molecule has 2 unspecified atom stereocenters. The molecule has 164 valence electrons. The number of hydrogen-bond donors (Lipinski definition) is 2. The highest BCUT2D eigenvalue weighted by atomic mass is 35.5. The topological polar surface area (TPSA) is 79.3 Å². The first-order valence-corrected chi connectivity index (χ1v) is 10.1. The number of rotatable bonds is 5. The van der Waals surface area contributed by atoms with E-state index in [0.29, 0.717) is 24.6 Å². The van der Waals surface area contributed by atoms with Crippen molar-refractivity contribution in [1.29, 1.82) is 0 Å². The van der Waals surface area contributed by atoms with Crippen LogP contribution in [0.15, 0.2) is 43.0 Å². The second-order valence-corrected chi connectivity index (χ2v) is 7.67. The van der Waals surface area contributed by atoms with Crippen LogP contribution in [0.2, 0.25) is 0 Å². The molecule has 4 rings (SSSR count). The Bertz CT molecular complexity index is 825. The maximum absolute atomic E-state index is 13.0. The molecule has 2 amide bonds. The average molecular weight is 454 g/mol. The molecule has 2 saturated heterocycles. The number of hydrogen-bond acceptors (Lipinski definition) is 4. The molecule has 2 atom stereocenters. The number of benzene rings is 1. The summed E-state index contributed by atoms with van der Waals surface area (Å²) in [5.41, 5.74) is 1.61. The summed E-state index contributed by atoms with van der Waals surface area (Å²) in [6, 6.07) is 7.58. The van der Waals surface area contributed by atoms with Gasteiger partial charge in [0.25, 0.3) is 5.91 Å². The van der Waals surface area contributed by atoms with Gasteiger partial charge in [0.2, 0.25) is 5.91 Å². The van der Waals surface area contributed by atoms with E-state index in [1.54, 1.807) is 12.5 Å². The van der Waals surface area contributed by atoms with E-state index in [2.05, 4.69) is 15.6 Å². The number of carbonyl (C=O) groups is 2. The molecule has 2 fully saturated rings. The van der Waals surface area contributed by atoms with E-state index in [4.69, 9.17) is 0 Å². The van der Waals surface area contributed by atoms with Gasteiger partial charge in [0.15, 0.2) is 0 Å². The van der Waals surface area contributed by atoms with Gasteiger partial charge in [-0.05, 0) is 56.3 Å². The molecule has 0 radical (unpaired) electrons. The van der Waals surface area contributed by atoms with Crippen LogP contribution in [0.5, 0.6) is 0 Å². The molecule has 7 nitrogen and oxygen atoms in total. The third-order valence-electron chi connectivity index (χ3n) is 5.64. The second-order valence-electron chi connectivity index (χ2n) is 7.67. The van der Waals surface area contributed by atoms with Gasteiger partial charge in [-0.2, -0.15) is 0 Å². The Kier molecular flexibility index (Phi) is 9.14. The van der Waals surface area contributed by atoms with Crippen LogP contribution in [0, 0.1) is 5.92 Å². The summed E-state index contributed by atoms with van der Waals surface area (Å²) in [6.45, 7) is 3.01. The molecular weight excluding hydrogens is 425 g/mol. The van der Waals surface area contributed by atoms with Crippen molar-refractivity contribution >= 4 is 36.6 Å². The first kappa shape index (κ1) is 24.2. The summed E-state index contributed by atoms with van der Waals surface area (Å²) in [5, 5.41) is 6.30. The average Bonchev–Trinajstić information content (AvgIpc) is 3.46. The summed E-state index contributed by atoms with van der Waals surface area (Å²) >= 11 is 0. The smallest absolute Gasteiger partial charge is 0.253 e. The number of nitrogens with one attached hydrogen (secondary N) is 2. The maximum atomic E-state index is 13.0. The Hall–Kier alpha value is -2.09. The Morgan fingerprint density at radius 2 is 2.07 bits per heavy atom. The van der Waals surface area contributed by atoms with Crippen LogP contribution < -0.4 is 10.6 Å². The van der Waals surface area contributed by atoms with Gasteiger partial charge in [-0.3, -0.25) is 9.59 Å². The van der Waals surface area contributed by atoms with Crippen molar-refractivity contribution < 1.29 is 9.59 Å². The number of halogens is 2. The monoisotopic (exact) mass is 453 g/mol. The largest absolute Gasteiger partial charge is 0.354 e. The number of carbonyl (C=O) groups excluding carboxylic acids is 2. The predicted molar refractivity (Wildman–Crippen MR) is 121 cm³/mol. The van der Waals surface area contributed by atoms with Gasteiger partial charge in [-0.25, -0.2) is 4.98 Å². The third-order valence-corrected chi connectivity index (χ3v) is 5.64. The highest BCUT2D eigenvalue weighted by molar-refractivity contribution is 5.94. The fourth-order valence-electron chi connectivity index (χ4n) is 4.09.